The maximum atomic E-state index is 2.29. The van der Waals surface area contributed by atoms with Gasteiger partial charge in [0.15, 0.2) is 0 Å². The van der Waals surface area contributed by atoms with Crippen LogP contribution in [0, 0.1) is 5.92 Å². The van der Waals surface area contributed by atoms with E-state index in [1.165, 1.54) is 37.7 Å². The van der Waals surface area contributed by atoms with E-state index >= 15 is 0 Å². The Morgan fingerprint density at radius 1 is 0.929 bits per heavy atom. The van der Waals surface area contributed by atoms with Gasteiger partial charge in [0.2, 0.25) is 0 Å². The first-order chi connectivity index (χ1) is 6.86. The van der Waals surface area contributed by atoms with Crippen molar-refractivity contribution in [1.82, 2.24) is 0 Å². The first kappa shape index (κ1) is 11.3. The lowest BCUT2D eigenvalue weighted by Crippen LogP contribution is -2.03. The molecule has 78 valence electrons. The van der Waals surface area contributed by atoms with Crippen molar-refractivity contribution in [2.24, 2.45) is 5.92 Å². The Balaban J connectivity index is 2.46. The average Bonchev–Trinajstić information content (AvgIpc) is 2.20. The molecule has 0 heteroatoms. The lowest BCUT2D eigenvalue weighted by Gasteiger charge is -2.14. The summed E-state index contributed by atoms with van der Waals surface area (Å²) in [6, 6.07) is 10.9. The minimum Gasteiger partial charge on any atom is -0.0654 e. The molecule has 0 atom stereocenters. The van der Waals surface area contributed by atoms with Crippen molar-refractivity contribution >= 4 is 0 Å². The third-order valence-corrected chi connectivity index (χ3v) is 2.76. The van der Waals surface area contributed by atoms with Crippen LogP contribution in [0.4, 0.5) is 0 Å². The fourth-order valence-corrected chi connectivity index (χ4v) is 2.11. The molecule has 0 fully saturated rings. The molecule has 0 heterocycles. The van der Waals surface area contributed by atoms with Crippen LogP contribution in [0.15, 0.2) is 30.3 Å². The van der Waals surface area contributed by atoms with Gasteiger partial charge in [-0.1, -0.05) is 69.9 Å². The van der Waals surface area contributed by atoms with Crippen LogP contribution in [-0.4, -0.2) is 0 Å². The lowest BCUT2D eigenvalue weighted by atomic mass is 9.91. The van der Waals surface area contributed by atoms with Gasteiger partial charge >= 0.3 is 0 Å². The molecule has 1 aromatic rings. The van der Waals surface area contributed by atoms with E-state index in [9.17, 15) is 0 Å². The van der Waals surface area contributed by atoms with Crippen LogP contribution in [0.5, 0.6) is 0 Å². The topological polar surface area (TPSA) is 0 Å². The zero-order valence-electron chi connectivity index (χ0n) is 9.50. The van der Waals surface area contributed by atoms with Crippen LogP contribution in [0.3, 0.4) is 0 Å². The molecule has 0 unspecified atom stereocenters. The summed E-state index contributed by atoms with van der Waals surface area (Å²) < 4.78 is 0. The van der Waals surface area contributed by atoms with E-state index in [-0.39, 0.29) is 0 Å². The summed E-state index contributed by atoms with van der Waals surface area (Å²) in [6.07, 6.45) is 6.66. The largest absolute Gasteiger partial charge is 0.0654 e. The normalized spacial score (nSPS) is 10.8. The lowest BCUT2D eigenvalue weighted by molar-refractivity contribution is 0.438. The Labute approximate surface area is 88.4 Å². The van der Waals surface area contributed by atoms with Crippen molar-refractivity contribution in [1.29, 1.82) is 0 Å². The monoisotopic (exact) mass is 190 g/mol. The predicted molar refractivity (Wildman–Crippen MR) is 63.5 cm³/mol. The summed E-state index contributed by atoms with van der Waals surface area (Å²) in [7, 11) is 0. The standard InChI is InChI=1S/C14H22/c1-3-8-13(9-4-2)12-14-10-6-5-7-11-14/h5-7,10-11,13H,3-4,8-9,12H2,1-2H3. The van der Waals surface area contributed by atoms with Crippen LogP contribution in [0.2, 0.25) is 0 Å². The van der Waals surface area contributed by atoms with Crippen LogP contribution < -0.4 is 0 Å². The highest BCUT2D eigenvalue weighted by Gasteiger charge is 2.06. The maximum absolute atomic E-state index is 2.29. The van der Waals surface area contributed by atoms with Gasteiger partial charge in [-0.05, 0) is 17.9 Å². The van der Waals surface area contributed by atoms with Gasteiger partial charge in [0.05, 0.1) is 0 Å². The van der Waals surface area contributed by atoms with Gasteiger partial charge in [0.1, 0.15) is 0 Å². The zero-order valence-corrected chi connectivity index (χ0v) is 9.50. The Hall–Kier alpha value is -0.780. The molecule has 0 spiro atoms. The molecule has 0 N–H and O–H groups in total. The quantitative estimate of drug-likeness (QED) is 0.622. The predicted octanol–water partition coefficient (Wildman–Crippen LogP) is 4.45. The third-order valence-electron chi connectivity index (χ3n) is 2.76. The summed E-state index contributed by atoms with van der Waals surface area (Å²) in [4.78, 5) is 0. The van der Waals surface area contributed by atoms with Gasteiger partial charge in [-0.2, -0.15) is 0 Å². The Morgan fingerprint density at radius 3 is 2.00 bits per heavy atom. The van der Waals surface area contributed by atoms with Gasteiger partial charge in [0, 0.05) is 0 Å². The van der Waals surface area contributed by atoms with Gasteiger partial charge in [0.25, 0.3) is 0 Å². The smallest absolute Gasteiger partial charge is 0.0250 e. The highest BCUT2D eigenvalue weighted by atomic mass is 14.1. The number of hydrogen-bond donors (Lipinski definition) is 0. The van der Waals surface area contributed by atoms with E-state index in [4.69, 9.17) is 0 Å². The molecule has 1 rings (SSSR count). The number of hydrogen-bond acceptors (Lipinski definition) is 0. The molecular formula is C14H22. The minimum atomic E-state index is 0.896. The van der Waals surface area contributed by atoms with Crippen LogP contribution >= 0.6 is 0 Å². The fourth-order valence-electron chi connectivity index (χ4n) is 2.11. The molecule has 14 heavy (non-hydrogen) atoms. The average molecular weight is 190 g/mol. The van der Waals surface area contributed by atoms with Crippen molar-refractivity contribution in [2.45, 2.75) is 46.0 Å². The second-order valence-corrected chi connectivity index (χ2v) is 4.13. The Kier molecular flexibility index (Phi) is 5.36. The summed E-state index contributed by atoms with van der Waals surface area (Å²) >= 11 is 0. The summed E-state index contributed by atoms with van der Waals surface area (Å²) in [5, 5.41) is 0. The summed E-state index contributed by atoms with van der Waals surface area (Å²) in [6.45, 7) is 4.57. The summed E-state index contributed by atoms with van der Waals surface area (Å²) in [5.74, 6) is 0.896. The van der Waals surface area contributed by atoms with E-state index in [0.717, 1.165) is 5.92 Å². The number of benzene rings is 1. The molecule has 0 saturated heterocycles. The molecule has 0 nitrogen and oxygen atoms in total. The van der Waals surface area contributed by atoms with E-state index < -0.39 is 0 Å². The Morgan fingerprint density at radius 2 is 1.50 bits per heavy atom. The van der Waals surface area contributed by atoms with Crippen molar-refractivity contribution in [3.05, 3.63) is 35.9 Å². The van der Waals surface area contributed by atoms with E-state index in [2.05, 4.69) is 44.2 Å². The maximum Gasteiger partial charge on any atom is -0.0250 e. The highest BCUT2D eigenvalue weighted by Crippen LogP contribution is 2.18. The molecule has 0 aromatic heterocycles. The number of rotatable bonds is 6. The van der Waals surface area contributed by atoms with Crippen molar-refractivity contribution in [2.75, 3.05) is 0 Å². The van der Waals surface area contributed by atoms with E-state index in [1.807, 2.05) is 0 Å². The molecule has 0 bridgehead atoms. The van der Waals surface area contributed by atoms with Crippen LogP contribution in [0.1, 0.15) is 45.1 Å². The summed E-state index contributed by atoms with van der Waals surface area (Å²) in [5.41, 5.74) is 1.50. The molecular weight excluding hydrogens is 168 g/mol. The second kappa shape index (κ2) is 6.64. The highest BCUT2D eigenvalue weighted by molar-refractivity contribution is 5.15. The van der Waals surface area contributed by atoms with Gasteiger partial charge < -0.3 is 0 Å². The molecule has 1 aromatic carbocycles. The van der Waals surface area contributed by atoms with Gasteiger partial charge in [-0.3, -0.25) is 0 Å². The van der Waals surface area contributed by atoms with E-state index in [1.54, 1.807) is 0 Å². The van der Waals surface area contributed by atoms with Crippen molar-refractivity contribution in [3.8, 4) is 0 Å². The molecule has 0 aliphatic heterocycles. The van der Waals surface area contributed by atoms with Crippen molar-refractivity contribution < 1.29 is 0 Å². The molecule has 0 saturated carbocycles. The second-order valence-electron chi connectivity index (χ2n) is 4.13. The zero-order chi connectivity index (χ0) is 10.2. The SMILES string of the molecule is CCCC(CCC)Cc1ccccc1. The fraction of sp³-hybridized carbons (Fsp3) is 0.571. The third kappa shape index (κ3) is 3.95. The molecule has 0 amide bonds. The van der Waals surface area contributed by atoms with E-state index in [0.29, 0.717) is 0 Å². The molecule has 0 aliphatic rings. The molecule has 0 radical (unpaired) electrons. The van der Waals surface area contributed by atoms with Crippen LogP contribution in [0.25, 0.3) is 0 Å². The van der Waals surface area contributed by atoms with Gasteiger partial charge in [-0.15, -0.1) is 0 Å². The van der Waals surface area contributed by atoms with Crippen molar-refractivity contribution in [3.63, 3.8) is 0 Å². The first-order valence-corrected chi connectivity index (χ1v) is 5.90. The minimum absolute atomic E-state index is 0.896. The van der Waals surface area contributed by atoms with Crippen LogP contribution in [-0.2, 0) is 6.42 Å². The molecule has 0 aliphatic carbocycles. The Bertz CT molecular complexity index is 219. The van der Waals surface area contributed by atoms with Gasteiger partial charge in [-0.25, -0.2) is 0 Å². The first-order valence-electron chi connectivity index (χ1n) is 5.90.